The zero-order valence-corrected chi connectivity index (χ0v) is 36.9. The monoisotopic (exact) mass is 864 g/mol. The summed E-state index contributed by atoms with van der Waals surface area (Å²) in [7, 11) is 0. The number of carbonyl (C=O) groups is 3. The van der Waals surface area contributed by atoms with Gasteiger partial charge in [-0.05, 0) is 85.4 Å². The molecule has 0 bridgehead atoms. The van der Waals surface area contributed by atoms with Crippen LogP contribution in [0.15, 0.2) is 91.0 Å². The topological polar surface area (TPSA) is 226 Å². The Labute approximate surface area is 363 Å². The van der Waals surface area contributed by atoms with Crippen LogP contribution in [0.2, 0.25) is 0 Å². The Hall–Kier alpha value is -4.81. The third-order valence-electron chi connectivity index (χ3n) is 10.3. The van der Waals surface area contributed by atoms with Crippen LogP contribution < -0.4 is 21.3 Å². The third-order valence-corrected chi connectivity index (χ3v) is 10.3. The van der Waals surface area contributed by atoms with Crippen LogP contribution in [0.1, 0.15) is 85.4 Å². The summed E-state index contributed by atoms with van der Waals surface area (Å²) in [6, 6.07) is 25.3. The van der Waals surface area contributed by atoms with Crippen LogP contribution in [0.25, 0.3) is 0 Å². The van der Waals surface area contributed by atoms with Crippen LogP contribution in [0.4, 0.5) is 14.4 Å². The highest BCUT2D eigenvalue weighted by atomic mass is 16.7. The maximum absolute atomic E-state index is 13.3. The lowest BCUT2D eigenvalue weighted by Crippen LogP contribution is -2.70. The number of aliphatic hydroxyl groups is 4. The van der Waals surface area contributed by atoms with E-state index in [1.165, 1.54) is 0 Å². The first-order chi connectivity index (χ1) is 29.0. The number of alkyl carbamates (subject to hydrolysis) is 3. The molecule has 3 aromatic rings. The van der Waals surface area contributed by atoms with Gasteiger partial charge < -0.3 is 60.1 Å². The van der Waals surface area contributed by atoms with Gasteiger partial charge in [-0.2, -0.15) is 0 Å². The second-order valence-electron chi connectivity index (χ2n) is 18.7. The van der Waals surface area contributed by atoms with E-state index in [9.17, 15) is 34.8 Å². The number of hydrogen-bond acceptors (Lipinski definition) is 13. The van der Waals surface area contributed by atoms with E-state index < -0.39 is 102 Å². The second kappa shape index (κ2) is 19.7. The lowest BCUT2D eigenvalue weighted by molar-refractivity contribution is -0.293. The first-order valence-electron chi connectivity index (χ1n) is 20.9. The number of rotatable bonds is 11. The average molecular weight is 865 g/mol. The van der Waals surface area contributed by atoms with Crippen molar-refractivity contribution in [2.24, 2.45) is 0 Å². The number of nitrogens with one attached hydrogen (secondary N) is 4. The molecular weight excluding hydrogens is 801 g/mol. The predicted octanol–water partition coefficient (Wildman–Crippen LogP) is 4.21. The molecule has 0 aromatic heterocycles. The number of carbonyl (C=O) groups excluding carboxylic acids is 3. The molecule has 2 fully saturated rings. The number of benzene rings is 3. The molecule has 62 heavy (non-hydrogen) atoms. The molecule has 5 rings (SSSR count). The molecule has 1 aliphatic carbocycles. The van der Waals surface area contributed by atoms with Gasteiger partial charge in [-0.3, -0.25) is 5.32 Å². The minimum Gasteiger partial charge on any atom is -0.444 e. The van der Waals surface area contributed by atoms with Crippen molar-refractivity contribution in [2.45, 2.75) is 152 Å². The van der Waals surface area contributed by atoms with Crippen LogP contribution >= 0.6 is 0 Å². The summed E-state index contributed by atoms with van der Waals surface area (Å²) < 4.78 is 29.3. The fourth-order valence-corrected chi connectivity index (χ4v) is 7.69. The van der Waals surface area contributed by atoms with E-state index in [1.807, 2.05) is 91.0 Å². The molecule has 3 aromatic carbocycles. The summed E-state index contributed by atoms with van der Waals surface area (Å²) in [5.41, 5.74) is -1.17. The van der Waals surface area contributed by atoms with E-state index in [2.05, 4.69) is 21.3 Å². The molecule has 1 saturated heterocycles. The van der Waals surface area contributed by atoms with Crippen molar-refractivity contribution in [3.63, 3.8) is 0 Å². The van der Waals surface area contributed by atoms with Crippen LogP contribution in [0, 0.1) is 0 Å². The van der Waals surface area contributed by atoms with Crippen molar-refractivity contribution in [2.75, 3.05) is 6.54 Å². The fraction of sp³-hybridized carbons (Fsp3) is 0.543. The summed E-state index contributed by atoms with van der Waals surface area (Å²) in [5, 5.41) is 58.3. The quantitative estimate of drug-likeness (QED) is 0.100. The minimum atomic E-state index is -1.81. The highest BCUT2D eigenvalue weighted by Crippen LogP contribution is 2.38. The molecule has 2 aliphatic rings. The van der Waals surface area contributed by atoms with E-state index in [1.54, 1.807) is 62.3 Å². The van der Waals surface area contributed by atoms with E-state index in [0.717, 1.165) is 16.7 Å². The largest absolute Gasteiger partial charge is 0.444 e. The Morgan fingerprint density at radius 1 is 0.565 bits per heavy atom. The Kier molecular flexibility index (Phi) is 15.3. The van der Waals surface area contributed by atoms with Crippen molar-refractivity contribution in [1.29, 1.82) is 0 Å². The van der Waals surface area contributed by atoms with Crippen molar-refractivity contribution in [1.82, 2.24) is 21.3 Å². The fourth-order valence-electron chi connectivity index (χ4n) is 7.69. The van der Waals surface area contributed by atoms with Crippen molar-refractivity contribution >= 4 is 18.3 Å². The lowest BCUT2D eigenvalue weighted by Gasteiger charge is -2.48. The first-order valence-corrected chi connectivity index (χ1v) is 20.9. The number of aliphatic hydroxyl groups excluding tert-OH is 4. The second-order valence-corrected chi connectivity index (χ2v) is 18.7. The smallest absolute Gasteiger partial charge is 0.408 e. The first kappa shape index (κ1) is 48.2. The molecule has 0 radical (unpaired) electrons. The van der Waals surface area contributed by atoms with Gasteiger partial charge in [0, 0.05) is 6.54 Å². The summed E-state index contributed by atoms with van der Waals surface area (Å²) in [5.74, 6) is 0. The maximum atomic E-state index is 13.3. The highest BCUT2D eigenvalue weighted by Gasteiger charge is 2.52. The molecule has 1 aliphatic heterocycles. The summed E-state index contributed by atoms with van der Waals surface area (Å²) in [6.07, 6.45) is -14.1. The molecule has 1 saturated carbocycles. The van der Waals surface area contributed by atoms with E-state index in [-0.39, 0.29) is 13.0 Å². The van der Waals surface area contributed by atoms with Gasteiger partial charge >= 0.3 is 18.3 Å². The minimum absolute atomic E-state index is 0.104. The Bertz CT molecular complexity index is 1820. The van der Waals surface area contributed by atoms with E-state index in [0.29, 0.717) is 0 Å². The molecule has 10 atom stereocenters. The van der Waals surface area contributed by atoms with Crippen LogP contribution in [-0.4, -0.2) is 123 Å². The summed E-state index contributed by atoms with van der Waals surface area (Å²) in [4.78, 5) is 39.4. The van der Waals surface area contributed by atoms with Gasteiger partial charge in [0.1, 0.15) is 59.5 Å². The molecule has 340 valence electrons. The average Bonchev–Trinajstić information content (AvgIpc) is 3.17. The Morgan fingerprint density at radius 2 is 0.968 bits per heavy atom. The Balaban J connectivity index is 1.52. The SMILES string of the molecule is CC(C)(C)OC(=O)N[C@H]1[C@@H](O[C@H]2[C@H](O)[C@@H](O)[C@H](NC(=O)OC(C)(C)C)C[C@@H]2NC(=O)OC(C)(C)C)O[C@H](CNC(c2ccccc2)(c2ccccc2)c2ccccc2)[C@@H](O)[C@@H]1O. The molecule has 1 heterocycles. The normalized spacial score (nSPS) is 27.0. The third kappa shape index (κ3) is 12.4. The highest BCUT2D eigenvalue weighted by molar-refractivity contribution is 5.69. The van der Waals surface area contributed by atoms with Gasteiger partial charge in [0.05, 0.1) is 17.6 Å². The molecular formula is C46H64N4O12. The van der Waals surface area contributed by atoms with Crippen molar-refractivity contribution in [3.05, 3.63) is 108 Å². The maximum Gasteiger partial charge on any atom is 0.408 e. The predicted molar refractivity (Wildman–Crippen MR) is 229 cm³/mol. The lowest BCUT2D eigenvalue weighted by atomic mass is 9.76. The summed E-state index contributed by atoms with van der Waals surface area (Å²) >= 11 is 0. The van der Waals surface area contributed by atoms with E-state index in [4.69, 9.17) is 23.7 Å². The molecule has 8 N–H and O–H groups in total. The number of ether oxygens (including phenoxy) is 5. The van der Waals surface area contributed by atoms with E-state index >= 15 is 0 Å². The van der Waals surface area contributed by atoms with Gasteiger partial charge in [-0.1, -0.05) is 91.0 Å². The van der Waals surface area contributed by atoms with Crippen LogP contribution in [-0.2, 0) is 29.2 Å². The van der Waals surface area contributed by atoms with Crippen molar-refractivity contribution < 1.29 is 58.5 Å². The van der Waals surface area contributed by atoms with Crippen molar-refractivity contribution in [3.8, 4) is 0 Å². The van der Waals surface area contributed by atoms with Gasteiger partial charge in [0.25, 0.3) is 0 Å². The molecule has 0 unspecified atom stereocenters. The number of amides is 3. The Morgan fingerprint density at radius 3 is 1.39 bits per heavy atom. The zero-order valence-electron chi connectivity index (χ0n) is 36.9. The number of hydrogen-bond donors (Lipinski definition) is 8. The van der Waals surface area contributed by atoms with Crippen LogP contribution in [0.5, 0.6) is 0 Å². The van der Waals surface area contributed by atoms with Gasteiger partial charge in [0.15, 0.2) is 6.29 Å². The standard InChI is InChI=1S/C46H64N4O12/c1-43(2,3)60-40(55)48-30-25-31(49-41(56)61-44(4,5)6)38(37(54)34(30)51)59-39-33(50-42(57)62-45(7,8)9)36(53)35(52)32(58-39)26-47-46(27-19-13-10-14-20-27,28-21-15-11-16-22-28)29-23-17-12-18-24-29/h10-24,30-39,47,51-54H,25-26H2,1-9H3,(H,48,55)(H,49,56)(H,50,57)/t30-,31+,32-,33-,34+,35-,36-,37-,38-,39-/m1/s1. The molecule has 0 spiro atoms. The van der Waals surface area contributed by atoms with Gasteiger partial charge in [-0.15, -0.1) is 0 Å². The van der Waals surface area contributed by atoms with Crippen LogP contribution in [0.3, 0.4) is 0 Å². The summed E-state index contributed by atoms with van der Waals surface area (Å²) in [6.45, 7) is 14.8. The van der Waals surface area contributed by atoms with Gasteiger partial charge in [0.2, 0.25) is 0 Å². The zero-order chi connectivity index (χ0) is 45.6. The van der Waals surface area contributed by atoms with Gasteiger partial charge in [-0.25, -0.2) is 14.4 Å². The molecule has 3 amide bonds. The molecule has 16 heteroatoms. The molecule has 16 nitrogen and oxygen atoms in total.